The van der Waals surface area contributed by atoms with Crippen LogP contribution in [0.5, 0.6) is 0 Å². The third-order valence-corrected chi connectivity index (χ3v) is 6.53. The number of hydrogen-bond donors (Lipinski definition) is 1. The summed E-state index contributed by atoms with van der Waals surface area (Å²) in [7, 11) is 0. The highest BCUT2D eigenvalue weighted by atomic mass is 16.1. The lowest BCUT2D eigenvalue weighted by Crippen LogP contribution is -2.25. The van der Waals surface area contributed by atoms with Crippen LogP contribution in [0.4, 0.5) is 5.82 Å². The number of benzene rings is 2. The molecule has 0 spiro atoms. The second-order valence-electron chi connectivity index (χ2n) is 9.05. The number of nitrogens with one attached hydrogen (secondary N) is 1. The minimum atomic E-state index is -0.0854. The molecule has 2 aromatic heterocycles. The van der Waals surface area contributed by atoms with E-state index in [1.165, 1.54) is 25.7 Å². The molecule has 0 saturated carbocycles. The number of anilines is 1. The maximum atomic E-state index is 13.1. The molecule has 4 aromatic rings. The summed E-state index contributed by atoms with van der Waals surface area (Å²) in [6, 6.07) is 22.1. The molecule has 0 radical (unpaired) electrons. The highest BCUT2D eigenvalue weighted by molar-refractivity contribution is 6.00. The lowest BCUT2D eigenvalue weighted by Gasteiger charge is -2.21. The van der Waals surface area contributed by atoms with E-state index < -0.39 is 0 Å². The molecule has 1 saturated heterocycles. The Hall–Kier alpha value is -3.93. The van der Waals surface area contributed by atoms with Gasteiger partial charge in [0, 0.05) is 43.8 Å². The van der Waals surface area contributed by atoms with E-state index >= 15 is 0 Å². The lowest BCUT2D eigenvalue weighted by atomic mass is 9.98. The molecule has 178 valence electrons. The van der Waals surface area contributed by atoms with Gasteiger partial charge in [0.1, 0.15) is 5.82 Å². The Morgan fingerprint density at radius 2 is 1.63 bits per heavy atom. The molecule has 1 aliphatic heterocycles. The Morgan fingerprint density at radius 3 is 2.34 bits per heavy atom. The van der Waals surface area contributed by atoms with Gasteiger partial charge in [-0.2, -0.15) is 5.10 Å². The van der Waals surface area contributed by atoms with E-state index in [1.807, 2.05) is 47.4 Å². The van der Waals surface area contributed by atoms with Crippen molar-refractivity contribution in [1.82, 2.24) is 20.1 Å². The van der Waals surface area contributed by atoms with Crippen LogP contribution in [0.3, 0.4) is 0 Å². The molecule has 0 bridgehead atoms. The van der Waals surface area contributed by atoms with Crippen LogP contribution in [0.25, 0.3) is 11.1 Å². The predicted octanol–water partition coefficient (Wildman–Crippen LogP) is 5.30. The van der Waals surface area contributed by atoms with Crippen LogP contribution < -0.4 is 10.2 Å². The summed E-state index contributed by atoms with van der Waals surface area (Å²) in [5, 5.41) is 7.34. The fraction of sp³-hybridized carbons (Fsp3) is 0.276. The van der Waals surface area contributed by atoms with Crippen LogP contribution in [0.2, 0.25) is 0 Å². The molecule has 0 atom stereocenters. The summed E-state index contributed by atoms with van der Waals surface area (Å²) in [4.78, 5) is 20.1. The van der Waals surface area contributed by atoms with Gasteiger partial charge in [-0.15, -0.1) is 0 Å². The monoisotopic (exact) mass is 465 g/mol. The van der Waals surface area contributed by atoms with E-state index in [4.69, 9.17) is 0 Å². The first-order valence-corrected chi connectivity index (χ1v) is 12.4. The number of pyridine rings is 1. The summed E-state index contributed by atoms with van der Waals surface area (Å²) >= 11 is 0. The fourth-order valence-corrected chi connectivity index (χ4v) is 4.59. The summed E-state index contributed by atoms with van der Waals surface area (Å²) in [5.74, 6) is 0.945. The van der Waals surface area contributed by atoms with E-state index in [0.717, 1.165) is 47.7 Å². The van der Waals surface area contributed by atoms with Gasteiger partial charge in [0.25, 0.3) is 5.91 Å². The van der Waals surface area contributed by atoms with E-state index in [1.54, 1.807) is 6.20 Å². The van der Waals surface area contributed by atoms with Crippen molar-refractivity contribution in [2.75, 3.05) is 18.0 Å². The zero-order valence-electron chi connectivity index (χ0n) is 19.9. The van der Waals surface area contributed by atoms with Crippen LogP contribution >= 0.6 is 0 Å². The van der Waals surface area contributed by atoms with Crippen molar-refractivity contribution in [2.24, 2.45) is 0 Å². The first-order chi connectivity index (χ1) is 17.3. The largest absolute Gasteiger partial charge is 0.357 e. The molecular formula is C29H31N5O. The smallest absolute Gasteiger partial charge is 0.252 e. The Labute approximate surface area is 206 Å². The van der Waals surface area contributed by atoms with Crippen LogP contribution in [-0.2, 0) is 13.1 Å². The molecule has 1 fully saturated rings. The van der Waals surface area contributed by atoms with Crippen molar-refractivity contribution in [3.05, 3.63) is 102 Å². The van der Waals surface area contributed by atoms with Crippen molar-refractivity contribution in [3.8, 4) is 11.1 Å². The maximum absolute atomic E-state index is 13.1. The van der Waals surface area contributed by atoms with Crippen molar-refractivity contribution < 1.29 is 4.79 Å². The Bertz CT molecular complexity index is 1230. The second-order valence-corrected chi connectivity index (χ2v) is 9.05. The number of carbonyl (C=O) groups is 1. The summed E-state index contributed by atoms with van der Waals surface area (Å²) in [5.41, 5.74) is 4.77. The van der Waals surface area contributed by atoms with Gasteiger partial charge in [0.2, 0.25) is 0 Å². The number of carbonyl (C=O) groups excluding carboxylic acids is 1. The fourth-order valence-electron chi connectivity index (χ4n) is 4.59. The Morgan fingerprint density at radius 1 is 0.857 bits per heavy atom. The standard InChI is InChI=1S/C29H31N5O/c35-29(31-21-24-12-15-28(30-20-24)33-17-5-1-2-6-18-33)27-9-4-3-8-26(27)25-13-10-23(11-14-25)22-34-19-7-16-32-34/h3-4,7-16,19-20H,1-2,5-6,17-18,21-22H2,(H,31,35). The van der Waals surface area contributed by atoms with Crippen LogP contribution in [0.15, 0.2) is 85.3 Å². The van der Waals surface area contributed by atoms with Crippen LogP contribution in [-0.4, -0.2) is 33.8 Å². The average molecular weight is 466 g/mol. The van der Waals surface area contributed by atoms with Crippen LogP contribution in [0, 0.1) is 0 Å². The van der Waals surface area contributed by atoms with Gasteiger partial charge >= 0.3 is 0 Å². The zero-order valence-corrected chi connectivity index (χ0v) is 19.9. The van der Waals surface area contributed by atoms with E-state index in [-0.39, 0.29) is 5.91 Å². The van der Waals surface area contributed by atoms with Crippen molar-refractivity contribution in [2.45, 2.75) is 38.8 Å². The Kier molecular flexibility index (Phi) is 7.18. The quantitative estimate of drug-likeness (QED) is 0.402. The second kappa shape index (κ2) is 11.0. The highest BCUT2D eigenvalue weighted by Gasteiger charge is 2.14. The maximum Gasteiger partial charge on any atom is 0.252 e. The van der Waals surface area contributed by atoms with Gasteiger partial charge in [-0.25, -0.2) is 4.98 Å². The molecule has 0 aliphatic carbocycles. The Balaban J connectivity index is 1.23. The van der Waals surface area contributed by atoms with E-state index in [0.29, 0.717) is 12.1 Å². The third-order valence-electron chi connectivity index (χ3n) is 6.53. The van der Waals surface area contributed by atoms with E-state index in [9.17, 15) is 4.79 Å². The van der Waals surface area contributed by atoms with Gasteiger partial charge in [-0.05, 0) is 53.3 Å². The highest BCUT2D eigenvalue weighted by Crippen LogP contribution is 2.24. The molecule has 0 unspecified atom stereocenters. The molecule has 6 heteroatoms. The zero-order chi connectivity index (χ0) is 23.9. The average Bonchev–Trinajstić information content (AvgIpc) is 3.27. The van der Waals surface area contributed by atoms with Gasteiger partial charge in [0.05, 0.1) is 6.54 Å². The molecule has 35 heavy (non-hydrogen) atoms. The van der Waals surface area contributed by atoms with Gasteiger partial charge in [-0.3, -0.25) is 9.48 Å². The molecule has 2 aromatic carbocycles. The third kappa shape index (κ3) is 5.77. The summed E-state index contributed by atoms with van der Waals surface area (Å²) in [6.45, 7) is 3.32. The van der Waals surface area contributed by atoms with Crippen LogP contribution in [0.1, 0.15) is 47.2 Å². The lowest BCUT2D eigenvalue weighted by molar-refractivity contribution is 0.0951. The molecule has 1 aliphatic rings. The number of amides is 1. The first-order valence-electron chi connectivity index (χ1n) is 12.4. The van der Waals surface area contributed by atoms with Gasteiger partial charge in [0.15, 0.2) is 0 Å². The van der Waals surface area contributed by atoms with E-state index in [2.05, 4.69) is 56.7 Å². The minimum absolute atomic E-state index is 0.0854. The summed E-state index contributed by atoms with van der Waals surface area (Å²) < 4.78 is 1.89. The normalized spacial score (nSPS) is 13.9. The first kappa shape index (κ1) is 22.8. The predicted molar refractivity (Wildman–Crippen MR) is 139 cm³/mol. The van der Waals surface area contributed by atoms with Crippen molar-refractivity contribution in [1.29, 1.82) is 0 Å². The molecular weight excluding hydrogens is 434 g/mol. The number of nitrogens with zero attached hydrogens (tertiary/aromatic N) is 4. The summed E-state index contributed by atoms with van der Waals surface area (Å²) in [6.07, 6.45) is 10.7. The number of rotatable bonds is 7. The topological polar surface area (TPSA) is 63.1 Å². The molecule has 3 heterocycles. The molecule has 5 rings (SSSR count). The van der Waals surface area contributed by atoms with Crippen molar-refractivity contribution >= 4 is 11.7 Å². The molecule has 1 N–H and O–H groups in total. The number of aromatic nitrogens is 3. The SMILES string of the molecule is O=C(NCc1ccc(N2CCCCCC2)nc1)c1ccccc1-c1ccc(Cn2cccn2)cc1. The van der Waals surface area contributed by atoms with Crippen molar-refractivity contribution in [3.63, 3.8) is 0 Å². The molecule has 1 amide bonds. The number of hydrogen-bond acceptors (Lipinski definition) is 4. The van der Waals surface area contributed by atoms with Gasteiger partial charge in [-0.1, -0.05) is 61.4 Å². The minimum Gasteiger partial charge on any atom is -0.357 e. The van der Waals surface area contributed by atoms with Gasteiger partial charge < -0.3 is 10.2 Å². The molecule has 6 nitrogen and oxygen atoms in total.